The van der Waals surface area contributed by atoms with E-state index in [1.54, 1.807) is 30.6 Å². The predicted octanol–water partition coefficient (Wildman–Crippen LogP) is 7.50. The molecule has 1 amide bonds. The third kappa shape index (κ3) is 7.15. The zero-order valence-electron chi connectivity index (χ0n) is 23.2. The normalized spacial score (nSPS) is 15.5. The maximum Gasteiger partial charge on any atom is 0.267 e. The molecule has 0 unspecified atom stereocenters. The van der Waals surface area contributed by atoms with E-state index in [-0.39, 0.29) is 12.5 Å². The lowest BCUT2D eigenvalue weighted by molar-refractivity contribution is -0.122. The quantitative estimate of drug-likeness (QED) is 0.113. The average molecular weight is 566 g/mol. The maximum absolute atomic E-state index is 13.4. The van der Waals surface area contributed by atoms with Gasteiger partial charge in [-0.2, -0.15) is 5.10 Å². The van der Waals surface area contributed by atoms with E-state index in [9.17, 15) is 4.79 Å². The van der Waals surface area contributed by atoms with Crippen LogP contribution in [0.5, 0.6) is 11.5 Å². The molecule has 41 heavy (non-hydrogen) atoms. The van der Waals surface area contributed by atoms with Crippen molar-refractivity contribution in [3.8, 4) is 22.6 Å². The molecular weight excluding hydrogens is 534 g/mol. The monoisotopic (exact) mass is 565 g/mol. The first-order chi connectivity index (χ1) is 20.0. The lowest BCUT2D eigenvalue weighted by atomic mass is 10.0. The number of thioether (sulfide) groups is 1. The molecule has 1 saturated heterocycles. The van der Waals surface area contributed by atoms with Crippen LogP contribution in [0.25, 0.3) is 17.2 Å². The van der Waals surface area contributed by atoms with Gasteiger partial charge in [-0.1, -0.05) is 68.4 Å². The molecule has 0 aliphatic carbocycles. The summed E-state index contributed by atoms with van der Waals surface area (Å²) in [7, 11) is 1.61. The Bertz CT molecular complexity index is 1560. The highest BCUT2D eigenvalue weighted by Crippen LogP contribution is 2.34. The topological polar surface area (TPSA) is 76.6 Å². The molecule has 0 bridgehead atoms. The first kappa shape index (κ1) is 28.0. The zero-order chi connectivity index (χ0) is 28.6. The highest BCUT2D eigenvalue weighted by atomic mass is 32.2. The minimum absolute atomic E-state index is 0.152. The number of amides is 1. The van der Waals surface area contributed by atoms with Crippen LogP contribution in [0.1, 0.15) is 30.7 Å². The van der Waals surface area contributed by atoms with Gasteiger partial charge in [0.15, 0.2) is 16.7 Å². The van der Waals surface area contributed by atoms with E-state index in [1.165, 1.54) is 11.8 Å². The Balaban J connectivity index is 1.36. The second-order valence-corrected chi connectivity index (χ2v) is 10.8. The van der Waals surface area contributed by atoms with Crippen molar-refractivity contribution in [2.45, 2.75) is 20.4 Å². The largest absolute Gasteiger partial charge is 0.493 e. The summed E-state index contributed by atoms with van der Waals surface area (Å²) in [5, 5.41) is 9.18. The Labute approximate surface area is 244 Å². The van der Waals surface area contributed by atoms with E-state index in [4.69, 9.17) is 13.9 Å². The van der Waals surface area contributed by atoms with Crippen molar-refractivity contribution >= 4 is 35.1 Å². The molecule has 1 aliphatic heterocycles. The van der Waals surface area contributed by atoms with Crippen LogP contribution in [0.2, 0.25) is 0 Å². The van der Waals surface area contributed by atoms with E-state index in [2.05, 4.69) is 48.3 Å². The molecule has 0 spiro atoms. The molecule has 8 heteroatoms. The third-order valence-electron chi connectivity index (χ3n) is 6.21. The third-order valence-corrected chi connectivity index (χ3v) is 7.20. The van der Waals surface area contributed by atoms with Crippen molar-refractivity contribution in [2.75, 3.05) is 13.7 Å². The van der Waals surface area contributed by atoms with Crippen LogP contribution in [0.4, 0.5) is 0 Å². The Hall–Kier alpha value is -4.56. The van der Waals surface area contributed by atoms with Gasteiger partial charge in [0.25, 0.3) is 5.91 Å². The van der Waals surface area contributed by atoms with Gasteiger partial charge >= 0.3 is 0 Å². The summed E-state index contributed by atoms with van der Waals surface area (Å²) in [6.45, 7) is 5.04. The number of carbonyl (C=O) groups is 1. The molecular formula is C33H31N3O4S. The van der Waals surface area contributed by atoms with E-state index >= 15 is 0 Å². The van der Waals surface area contributed by atoms with Gasteiger partial charge in [0.1, 0.15) is 5.76 Å². The second-order valence-electron chi connectivity index (χ2n) is 9.81. The number of amidine groups is 1. The summed E-state index contributed by atoms with van der Waals surface area (Å²) >= 11 is 1.29. The van der Waals surface area contributed by atoms with E-state index in [0.29, 0.717) is 39.9 Å². The SMILES string of the molecule is COc1cc(/C=N\N=C2\S/C(=C\c3ccc(-c4ccccc4)cc3)C(=O)N2Cc2ccco2)ccc1OCC(C)C. The number of methoxy groups -OCH3 is 1. The lowest BCUT2D eigenvalue weighted by Gasteiger charge is -2.13. The van der Waals surface area contributed by atoms with Gasteiger partial charge in [-0.25, -0.2) is 0 Å². The van der Waals surface area contributed by atoms with Crippen molar-refractivity contribution in [1.82, 2.24) is 4.90 Å². The standard InChI is InChI=1S/C33H31N3O4S/c1-23(2)22-40-29-16-13-25(18-30(29)38-3)20-34-35-33-36(21-28-10-7-17-39-28)32(37)31(41-33)19-24-11-14-27(15-12-24)26-8-5-4-6-9-26/h4-20,23H,21-22H2,1-3H3/b31-19-,34-20-,35-33+. The van der Waals surface area contributed by atoms with Crippen molar-refractivity contribution in [1.29, 1.82) is 0 Å². The van der Waals surface area contributed by atoms with Gasteiger partial charge in [0.2, 0.25) is 0 Å². The van der Waals surface area contributed by atoms with Crippen LogP contribution < -0.4 is 9.47 Å². The maximum atomic E-state index is 13.4. The fourth-order valence-electron chi connectivity index (χ4n) is 4.12. The lowest BCUT2D eigenvalue weighted by Crippen LogP contribution is -2.28. The summed E-state index contributed by atoms with van der Waals surface area (Å²) in [6.07, 6.45) is 5.09. The van der Waals surface area contributed by atoms with E-state index < -0.39 is 0 Å². The Morgan fingerprint density at radius 2 is 1.68 bits per heavy atom. The van der Waals surface area contributed by atoms with Crippen molar-refractivity contribution in [3.05, 3.63) is 113 Å². The summed E-state index contributed by atoms with van der Waals surface area (Å²) in [5.41, 5.74) is 3.98. The fraction of sp³-hybridized carbons (Fsp3) is 0.182. The summed E-state index contributed by atoms with van der Waals surface area (Å²) in [6, 6.07) is 27.5. The molecule has 1 aliphatic rings. The number of nitrogens with zero attached hydrogens (tertiary/aromatic N) is 3. The molecule has 1 fully saturated rings. The molecule has 5 rings (SSSR count). The van der Waals surface area contributed by atoms with Crippen LogP contribution in [0.3, 0.4) is 0 Å². The minimum atomic E-state index is -0.152. The fourth-order valence-corrected chi connectivity index (χ4v) is 5.05. The smallest absolute Gasteiger partial charge is 0.267 e. The molecule has 2 heterocycles. The number of carbonyl (C=O) groups excluding carboxylic acids is 1. The van der Waals surface area contributed by atoms with Gasteiger partial charge in [-0.3, -0.25) is 9.69 Å². The molecule has 4 aromatic rings. The Morgan fingerprint density at radius 1 is 0.927 bits per heavy atom. The van der Waals surface area contributed by atoms with Gasteiger partial charge < -0.3 is 13.9 Å². The van der Waals surface area contributed by atoms with Gasteiger partial charge in [0, 0.05) is 0 Å². The number of ether oxygens (including phenoxy) is 2. The molecule has 1 aromatic heterocycles. The van der Waals surface area contributed by atoms with Crippen LogP contribution in [-0.4, -0.2) is 35.9 Å². The predicted molar refractivity (Wildman–Crippen MR) is 165 cm³/mol. The molecule has 0 saturated carbocycles. The van der Waals surface area contributed by atoms with Crippen LogP contribution in [0, 0.1) is 5.92 Å². The second kappa shape index (κ2) is 13.2. The Kier molecular flexibility index (Phi) is 9.01. The Morgan fingerprint density at radius 3 is 2.39 bits per heavy atom. The molecule has 7 nitrogen and oxygen atoms in total. The number of hydrogen-bond acceptors (Lipinski definition) is 7. The summed E-state index contributed by atoms with van der Waals surface area (Å²) in [5.74, 6) is 2.21. The zero-order valence-corrected chi connectivity index (χ0v) is 24.0. The van der Waals surface area contributed by atoms with Crippen LogP contribution in [-0.2, 0) is 11.3 Å². The number of hydrogen-bond donors (Lipinski definition) is 0. The first-order valence-electron chi connectivity index (χ1n) is 13.3. The molecule has 3 aromatic carbocycles. The van der Waals surface area contributed by atoms with Crippen molar-refractivity contribution in [3.63, 3.8) is 0 Å². The summed E-state index contributed by atoms with van der Waals surface area (Å²) < 4.78 is 16.8. The van der Waals surface area contributed by atoms with Crippen molar-refractivity contribution < 1.29 is 18.7 Å². The molecule has 208 valence electrons. The minimum Gasteiger partial charge on any atom is -0.493 e. The summed E-state index contributed by atoms with van der Waals surface area (Å²) in [4.78, 5) is 15.6. The molecule has 0 N–H and O–H groups in total. The number of furan rings is 1. The molecule has 0 atom stereocenters. The van der Waals surface area contributed by atoms with Crippen LogP contribution >= 0.6 is 11.8 Å². The van der Waals surface area contributed by atoms with E-state index in [0.717, 1.165) is 22.3 Å². The highest BCUT2D eigenvalue weighted by Gasteiger charge is 2.34. The number of rotatable bonds is 10. The number of benzene rings is 3. The van der Waals surface area contributed by atoms with Crippen molar-refractivity contribution in [2.24, 2.45) is 16.1 Å². The molecule has 0 radical (unpaired) electrons. The van der Waals surface area contributed by atoms with Gasteiger partial charge in [-0.15, -0.1) is 5.10 Å². The van der Waals surface area contributed by atoms with Gasteiger partial charge in [0.05, 0.1) is 37.6 Å². The van der Waals surface area contributed by atoms with Gasteiger partial charge in [-0.05, 0) is 76.3 Å². The first-order valence-corrected chi connectivity index (χ1v) is 14.1. The highest BCUT2D eigenvalue weighted by molar-refractivity contribution is 8.18. The van der Waals surface area contributed by atoms with Crippen LogP contribution in [0.15, 0.2) is 111 Å². The van der Waals surface area contributed by atoms with E-state index in [1.807, 2.05) is 60.7 Å². The average Bonchev–Trinajstić information content (AvgIpc) is 3.61.